The molecular weight excluding hydrogens is 539 g/mol. The molecular formula is C16H15Cl3IN7O. The van der Waals surface area contributed by atoms with Gasteiger partial charge in [-0.3, -0.25) is 4.79 Å². The lowest BCUT2D eigenvalue weighted by molar-refractivity contribution is 0.112. The number of nitrogen functional groups attached to an aromatic ring is 2. The zero-order chi connectivity index (χ0) is 21.1. The van der Waals surface area contributed by atoms with Gasteiger partial charge in [0.1, 0.15) is 27.6 Å². The summed E-state index contributed by atoms with van der Waals surface area (Å²) >= 11 is 18.6. The molecule has 0 spiro atoms. The molecule has 0 saturated heterocycles. The summed E-state index contributed by atoms with van der Waals surface area (Å²) in [4.78, 5) is 28.9. The zero-order valence-electron chi connectivity index (χ0n) is 14.5. The highest BCUT2D eigenvalue weighted by Crippen LogP contribution is 2.16. The van der Waals surface area contributed by atoms with E-state index in [2.05, 4.69) is 24.9 Å². The number of carbonyl (C=O) groups excluding carboxylic acids is 1. The number of nitrogens with two attached hydrogens (primary N) is 2. The maximum absolute atomic E-state index is 10.3. The Hall–Kier alpha value is -1.82. The molecule has 12 heteroatoms. The molecule has 3 aromatic heterocycles. The number of rotatable bonds is 2. The van der Waals surface area contributed by atoms with Gasteiger partial charge in [-0.15, -0.1) is 0 Å². The van der Waals surface area contributed by atoms with Crippen LogP contribution in [0.15, 0.2) is 30.7 Å². The van der Waals surface area contributed by atoms with Crippen LogP contribution in [0.1, 0.15) is 23.0 Å². The highest BCUT2D eigenvalue weighted by Gasteiger charge is 2.02. The number of halogens is 4. The highest BCUT2D eigenvalue weighted by molar-refractivity contribution is 14.1. The van der Waals surface area contributed by atoms with Crippen molar-refractivity contribution in [2.75, 3.05) is 11.5 Å². The van der Waals surface area contributed by atoms with E-state index in [9.17, 15) is 4.79 Å². The second-order valence-corrected chi connectivity index (χ2v) is 7.07. The van der Waals surface area contributed by atoms with E-state index in [4.69, 9.17) is 46.3 Å². The molecule has 0 radical (unpaired) electrons. The monoisotopic (exact) mass is 553 g/mol. The molecule has 0 aliphatic carbocycles. The lowest BCUT2D eigenvalue weighted by Gasteiger charge is -1.96. The molecule has 3 heterocycles. The molecule has 0 atom stereocenters. The quantitative estimate of drug-likeness (QED) is 0.209. The fourth-order valence-corrected chi connectivity index (χ4v) is 2.82. The van der Waals surface area contributed by atoms with Crippen molar-refractivity contribution in [1.29, 1.82) is 0 Å². The van der Waals surface area contributed by atoms with E-state index in [0.717, 1.165) is 15.7 Å². The van der Waals surface area contributed by atoms with Crippen molar-refractivity contribution in [2.24, 2.45) is 0 Å². The van der Waals surface area contributed by atoms with Crippen LogP contribution in [0.3, 0.4) is 0 Å². The van der Waals surface area contributed by atoms with Crippen LogP contribution in [0, 0.1) is 3.57 Å². The van der Waals surface area contributed by atoms with Gasteiger partial charge in [-0.05, 0) is 41.1 Å². The Balaban J connectivity index is 0.000000212. The fraction of sp³-hybridized carbons (Fsp3) is 0.125. The first-order valence-corrected chi connectivity index (χ1v) is 9.75. The van der Waals surface area contributed by atoms with Crippen molar-refractivity contribution in [3.8, 4) is 0 Å². The first-order valence-electron chi connectivity index (χ1n) is 7.53. The lowest BCUT2D eigenvalue weighted by atomic mass is 10.3. The average Bonchev–Trinajstić information content (AvgIpc) is 2.62. The number of aldehydes is 1. The minimum Gasteiger partial charge on any atom is -0.384 e. The topological polar surface area (TPSA) is 134 Å². The van der Waals surface area contributed by atoms with Crippen molar-refractivity contribution in [2.45, 2.75) is 13.3 Å². The first-order chi connectivity index (χ1) is 13.3. The summed E-state index contributed by atoms with van der Waals surface area (Å²) in [6, 6.07) is 4.93. The SMILES string of the molecule is CCc1cc(Cl)nc(N)n1.Nc1cc(Cl)ncn1.O=Cc1c(I)ccnc1Cl. The zero-order valence-corrected chi connectivity index (χ0v) is 18.9. The summed E-state index contributed by atoms with van der Waals surface area (Å²) in [5.74, 6) is 0.634. The fourth-order valence-electron chi connectivity index (χ4n) is 1.54. The van der Waals surface area contributed by atoms with Gasteiger partial charge in [-0.1, -0.05) is 41.7 Å². The number of nitrogens with zero attached hydrogens (tertiary/aromatic N) is 5. The summed E-state index contributed by atoms with van der Waals surface area (Å²) in [5, 5.41) is 1.05. The van der Waals surface area contributed by atoms with Crippen LogP contribution in [0.5, 0.6) is 0 Å². The molecule has 0 aromatic carbocycles. The molecule has 4 N–H and O–H groups in total. The third-order valence-electron chi connectivity index (χ3n) is 2.79. The van der Waals surface area contributed by atoms with E-state index in [1.807, 2.05) is 29.5 Å². The molecule has 0 unspecified atom stereocenters. The van der Waals surface area contributed by atoms with Gasteiger partial charge in [0.15, 0.2) is 6.29 Å². The molecule has 0 bridgehead atoms. The van der Waals surface area contributed by atoms with Crippen LogP contribution in [-0.2, 0) is 6.42 Å². The first kappa shape index (κ1) is 24.2. The van der Waals surface area contributed by atoms with Gasteiger partial charge in [-0.25, -0.2) is 24.9 Å². The van der Waals surface area contributed by atoms with E-state index >= 15 is 0 Å². The Kier molecular flexibility index (Phi) is 10.9. The van der Waals surface area contributed by atoms with Gasteiger partial charge < -0.3 is 11.5 Å². The van der Waals surface area contributed by atoms with Crippen molar-refractivity contribution in [3.05, 3.63) is 61.0 Å². The smallest absolute Gasteiger partial charge is 0.221 e. The van der Waals surface area contributed by atoms with Crippen LogP contribution >= 0.6 is 57.4 Å². The van der Waals surface area contributed by atoms with Crippen LogP contribution < -0.4 is 11.5 Å². The largest absolute Gasteiger partial charge is 0.384 e. The Morgan fingerprint density at radius 1 is 1.07 bits per heavy atom. The second-order valence-electron chi connectivity index (χ2n) is 4.77. The second kappa shape index (κ2) is 12.6. The third kappa shape index (κ3) is 8.91. The Bertz CT molecular complexity index is 873. The van der Waals surface area contributed by atoms with E-state index in [1.165, 1.54) is 12.4 Å². The van der Waals surface area contributed by atoms with Crippen molar-refractivity contribution in [1.82, 2.24) is 24.9 Å². The molecule has 0 amide bonds. The van der Waals surface area contributed by atoms with Crippen LogP contribution in [0.2, 0.25) is 15.5 Å². The predicted molar refractivity (Wildman–Crippen MR) is 120 cm³/mol. The molecule has 3 rings (SSSR count). The minimum atomic E-state index is 0.240. The summed E-state index contributed by atoms with van der Waals surface area (Å²) < 4.78 is 0.826. The van der Waals surface area contributed by atoms with Crippen LogP contribution in [0.25, 0.3) is 0 Å². The summed E-state index contributed by atoms with van der Waals surface area (Å²) in [5.41, 5.74) is 11.9. The van der Waals surface area contributed by atoms with E-state index < -0.39 is 0 Å². The Labute approximate surface area is 190 Å². The molecule has 0 aliphatic rings. The average molecular weight is 555 g/mol. The summed E-state index contributed by atoms with van der Waals surface area (Å²) in [7, 11) is 0. The molecule has 0 fully saturated rings. The van der Waals surface area contributed by atoms with Gasteiger partial charge in [0.2, 0.25) is 5.95 Å². The molecule has 0 aliphatic heterocycles. The Morgan fingerprint density at radius 3 is 2.21 bits per heavy atom. The van der Waals surface area contributed by atoms with Crippen LogP contribution in [0.4, 0.5) is 11.8 Å². The molecule has 28 heavy (non-hydrogen) atoms. The van der Waals surface area contributed by atoms with Gasteiger partial charge >= 0.3 is 0 Å². The van der Waals surface area contributed by atoms with Crippen molar-refractivity contribution in [3.63, 3.8) is 0 Å². The number of aromatic nitrogens is 5. The van der Waals surface area contributed by atoms with Gasteiger partial charge in [-0.2, -0.15) is 0 Å². The Morgan fingerprint density at radius 2 is 1.79 bits per heavy atom. The predicted octanol–water partition coefficient (Wildman–Crippen LogP) is 4.14. The van der Waals surface area contributed by atoms with E-state index in [-0.39, 0.29) is 11.1 Å². The highest BCUT2D eigenvalue weighted by atomic mass is 127. The molecule has 148 valence electrons. The van der Waals surface area contributed by atoms with Crippen molar-refractivity contribution < 1.29 is 4.79 Å². The number of aryl methyl sites for hydroxylation is 1. The number of hydrogen-bond acceptors (Lipinski definition) is 8. The van der Waals surface area contributed by atoms with Crippen LogP contribution in [-0.4, -0.2) is 31.2 Å². The standard InChI is InChI=1S/C6H3ClINO.C6H8ClN3.C4H4ClN3/c7-6-4(3-10)5(8)1-2-9-6;1-2-4-3-5(7)10-6(8)9-4;5-3-1-4(6)8-2-7-3/h1-3H;3H,2H2,1H3,(H2,8,9,10);1-2H,(H2,6,7,8). The van der Waals surface area contributed by atoms with E-state index in [0.29, 0.717) is 28.0 Å². The summed E-state index contributed by atoms with van der Waals surface area (Å²) in [6.07, 6.45) is 4.42. The molecule has 0 saturated carbocycles. The van der Waals surface area contributed by atoms with Gasteiger partial charge in [0.05, 0.1) is 5.56 Å². The lowest BCUT2D eigenvalue weighted by Crippen LogP contribution is -1.97. The van der Waals surface area contributed by atoms with Gasteiger partial charge in [0.25, 0.3) is 0 Å². The third-order valence-corrected chi connectivity index (χ3v) is 4.43. The number of anilines is 2. The maximum atomic E-state index is 10.3. The van der Waals surface area contributed by atoms with Gasteiger partial charge in [0, 0.05) is 21.5 Å². The number of carbonyl (C=O) groups is 1. The van der Waals surface area contributed by atoms with Crippen molar-refractivity contribution >= 4 is 75.4 Å². The normalized spacial score (nSPS) is 9.46. The van der Waals surface area contributed by atoms with E-state index in [1.54, 1.807) is 18.3 Å². The summed E-state index contributed by atoms with van der Waals surface area (Å²) in [6.45, 7) is 1.98. The number of pyridine rings is 1. The molecule has 3 aromatic rings. The minimum absolute atomic E-state index is 0.240. The maximum Gasteiger partial charge on any atom is 0.221 e. The molecule has 8 nitrogen and oxygen atoms in total. The number of hydrogen-bond donors (Lipinski definition) is 2.